The van der Waals surface area contributed by atoms with Crippen molar-refractivity contribution in [2.75, 3.05) is 5.32 Å². The minimum atomic E-state index is -5.12. The summed E-state index contributed by atoms with van der Waals surface area (Å²) in [5.41, 5.74) is -2.74. The van der Waals surface area contributed by atoms with Crippen molar-refractivity contribution in [3.8, 4) is 0 Å². The molecule has 0 heterocycles. The molecule has 12 heteroatoms. The van der Waals surface area contributed by atoms with E-state index in [-0.39, 0.29) is 11.6 Å². The third-order valence-electron chi connectivity index (χ3n) is 8.35. The highest BCUT2D eigenvalue weighted by Crippen LogP contribution is 2.39. The van der Waals surface area contributed by atoms with Gasteiger partial charge in [-0.15, -0.1) is 0 Å². The topological polar surface area (TPSA) is 67.4 Å². The van der Waals surface area contributed by atoms with Crippen LogP contribution in [-0.4, -0.2) is 12.0 Å². The Morgan fingerprint density at radius 3 is 1.50 bits per heavy atom. The summed E-state index contributed by atoms with van der Waals surface area (Å²) in [6.45, 7) is 0. The lowest BCUT2D eigenvalue weighted by molar-refractivity contribution is -0.143. The molecule has 0 aromatic heterocycles. The lowest BCUT2D eigenvalue weighted by Crippen LogP contribution is -2.37. The van der Waals surface area contributed by atoms with E-state index in [1.807, 2.05) is 72.8 Å². The van der Waals surface area contributed by atoms with Gasteiger partial charge in [-0.3, -0.25) is 0 Å². The summed E-state index contributed by atoms with van der Waals surface area (Å²) in [4.78, 5) is 28.0. The maximum atomic E-state index is 14.4. The largest absolute Gasteiger partial charge is 0.451 e. The quantitative estimate of drug-likeness (QED) is 0.0831. The van der Waals surface area contributed by atoms with Gasteiger partial charge >= 0.3 is 24.4 Å². The van der Waals surface area contributed by atoms with E-state index in [1.54, 1.807) is 72.8 Å². The van der Waals surface area contributed by atoms with E-state index in [0.717, 1.165) is 10.6 Å². The molecule has 6 rings (SSSR count). The van der Waals surface area contributed by atoms with E-state index in [2.05, 4.69) is 10.6 Å². The summed E-state index contributed by atoms with van der Waals surface area (Å²) < 4.78 is 87.8. The summed E-state index contributed by atoms with van der Waals surface area (Å²) in [5, 5.41) is 7.48. The van der Waals surface area contributed by atoms with Crippen molar-refractivity contribution >= 4 is 41.5 Å². The third-order valence-corrected chi connectivity index (χ3v) is 10.9. The monoisotopic (exact) mass is 756 g/mol. The fraction of sp³-hybridized carbons (Fsp3) is 0.0952. The van der Waals surface area contributed by atoms with E-state index in [1.165, 1.54) is 0 Å². The molecular formula is C42H31F6N2O3P. The smallest absolute Gasteiger partial charge is 0.416 e. The molecule has 0 aliphatic heterocycles. The number of alkyl halides is 6. The number of hydrogen-bond donors (Lipinski definition) is 2. The number of urea groups is 1. The van der Waals surface area contributed by atoms with Crippen molar-refractivity contribution < 1.29 is 40.7 Å². The molecule has 2 amide bonds. The number of ether oxygens (including phenoxy) is 1. The number of esters is 1. The van der Waals surface area contributed by atoms with E-state index in [0.29, 0.717) is 28.6 Å². The van der Waals surface area contributed by atoms with Crippen LogP contribution < -0.4 is 26.5 Å². The molecule has 0 bridgehead atoms. The minimum absolute atomic E-state index is 0.0277. The predicted molar refractivity (Wildman–Crippen MR) is 198 cm³/mol. The Morgan fingerprint density at radius 2 is 1.00 bits per heavy atom. The van der Waals surface area contributed by atoms with Gasteiger partial charge < -0.3 is 15.4 Å². The molecule has 6 aromatic rings. The number of nitrogens with one attached hydrogen (secondary N) is 2. The van der Waals surface area contributed by atoms with Gasteiger partial charge in [0.1, 0.15) is 0 Å². The zero-order valence-electron chi connectivity index (χ0n) is 28.2. The van der Waals surface area contributed by atoms with Crippen molar-refractivity contribution in [3.05, 3.63) is 192 Å². The van der Waals surface area contributed by atoms with Gasteiger partial charge in [-0.25, -0.2) is 9.59 Å². The van der Waals surface area contributed by atoms with Crippen molar-refractivity contribution in [2.24, 2.45) is 0 Å². The van der Waals surface area contributed by atoms with Gasteiger partial charge in [-0.1, -0.05) is 140 Å². The number of carbonyl (C=O) groups excluding carboxylic acids is 2. The van der Waals surface area contributed by atoms with Gasteiger partial charge in [-0.05, 0) is 59.2 Å². The van der Waals surface area contributed by atoms with Crippen molar-refractivity contribution in [1.29, 1.82) is 0 Å². The van der Waals surface area contributed by atoms with Gasteiger partial charge in [0.2, 0.25) is 0 Å². The molecule has 0 saturated heterocycles. The summed E-state index contributed by atoms with van der Waals surface area (Å²) >= 11 is 0. The van der Waals surface area contributed by atoms with Crippen molar-refractivity contribution in [2.45, 2.75) is 24.5 Å². The molecule has 6 aromatic carbocycles. The lowest BCUT2D eigenvalue weighted by Gasteiger charge is -2.30. The summed E-state index contributed by atoms with van der Waals surface area (Å²) in [5.74, 6) is -0.713. The maximum Gasteiger partial charge on any atom is 0.416 e. The number of hydrogen-bond acceptors (Lipinski definition) is 3. The van der Waals surface area contributed by atoms with Crippen LogP contribution in [0.15, 0.2) is 164 Å². The summed E-state index contributed by atoms with van der Waals surface area (Å²) in [7, 11) is -1.24. The minimum Gasteiger partial charge on any atom is -0.451 e. The number of carbonyl (C=O) groups is 2. The van der Waals surface area contributed by atoms with Gasteiger partial charge in [0.25, 0.3) is 0 Å². The molecule has 0 aliphatic rings. The highest BCUT2D eigenvalue weighted by molar-refractivity contribution is 7.80. The normalized spacial score (nSPS) is 12.8. The van der Waals surface area contributed by atoms with Crippen LogP contribution in [0.25, 0.3) is 0 Å². The van der Waals surface area contributed by atoms with E-state index in [4.69, 9.17) is 4.74 Å². The molecule has 0 spiro atoms. The molecule has 0 saturated carbocycles. The van der Waals surface area contributed by atoms with E-state index in [9.17, 15) is 35.9 Å². The SMILES string of the molecule is O=C(Nc1cc(C(F)(F)F)cc(C(F)(F)F)c1)N[C@@H](c1ccccc1)[C@@H](OC(=O)c1ccccc1P(c1ccccc1)c1ccccc1)c1ccccc1. The van der Waals surface area contributed by atoms with Crippen molar-refractivity contribution in [3.63, 3.8) is 0 Å². The first-order chi connectivity index (χ1) is 25.9. The van der Waals surface area contributed by atoms with E-state index >= 15 is 0 Å². The van der Waals surface area contributed by atoms with Gasteiger partial charge in [0.05, 0.1) is 22.7 Å². The fourth-order valence-corrected chi connectivity index (χ4v) is 8.34. The molecule has 54 heavy (non-hydrogen) atoms. The molecule has 2 N–H and O–H groups in total. The molecule has 0 fully saturated rings. The second kappa shape index (κ2) is 16.4. The molecule has 0 aliphatic carbocycles. The Labute approximate surface area is 308 Å². The standard InChI is InChI=1S/C42H31F6N2O3P/c43-41(44,45)30-25-31(42(46,47)48)27-32(26-30)49-40(52)50-37(28-15-5-1-6-16-28)38(29-17-7-2-8-18-29)53-39(51)35-23-13-14-24-36(35)54(33-19-9-3-10-20-33)34-21-11-4-12-22-34/h1-27,37-38H,(H2,49,50,52)/t37-,38-/m0/s1. The highest BCUT2D eigenvalue weighted by atomic mass is 31.1. The van der Waals surface area contributed by atoms with Gasteiger partial charge in [0, 0.05) is 5.69 Å². The number of anilines is 1. The van der Waals surface area contributed by atoms with Crippen LogP contribution in [0, 0.1) is 0 Å². The molecular weight excluding hydrogens is 725 g/mol. The van der Waals surface area contributed by atoms with Crippen molar-refractivity contribution in [1.82, 2.24) is 5.32 Å². The number of benzene rings is 6. The number of halogens is 6. The second-order valence-corrected chi connectivity index (χ2v) is 14.2. The zero-order chi connectivity index (χ0) is 38.3. The molecule has 274 valence electrons. The average Bonchev–Trinajstić information content (AvgIpc) is 3.17. The summed E-state index contributed by atoms with van der Waals surface area (Å²) in [6, 6.07) is 41.9. The van der Waals surface area contributed by atoms with Gasteiger partial charge in [0.15, 0.2) is 6.10 Å². The van der Waals surface area contributed by atoms with E-state index < -0.39 is 61.2 Å². The lowest BCUT2D eigenvalue weighted by atomic mass is 9.95. The van der Waals surface area contributed by atoms with Crippen LogP contribution in [0.4, 0.5) is 36.8 Å². The van der Waals surface area contributed by atoms with Crippen LogP contribution >= 0.6 is 7.92 Å². The second-order valence-electron chi connectivity index (χ2n) is 12.0. The van der Waals surface area contributed by atoms with Crippen LogP contribution in [0.2, 0.25) is 0 Å². The van der Waals surface area contributed by atoms with Crippen LogP contribution in [0.1, 0.15) is 44.8 Å². The van der Waals surface area contributed by atoms with Gasteiger partial charge in [-0.2, -0.15) is 26.3 Å². The Hall–Kier alpha value is -5.93. The Balaban J connectivity index is 1.38. The zero-order valence-corrected chi connectivity index (χ0v) is 29.1. The first-order valence-corrected chi connectivity index (χ1v) is 17.9. The third kappa shape index (κ3) is 9.16. The molecule has 5 nitrogen and oxygen atoms in total. The number of amides is 2. The molecule has 0 unspecified atom stereocenters. The van der Waals surface area contributed by atoms with Crippen LogP contribution in [0.3, 0.4) is 0 Å². The molecule has 0 radical (unpaired) electrons. The van der Waals surface area contributed by atoms with Crippen LogP contribution in [0.5, 0.6) is 0 Å². The Morgan fingerprint density at radius 1 is 0.556 bits per heavy atom. The first kappa shape index (κ1) is 37.8. The molecule has 2 atom stereocenters. The number of rotatable bonds is 10. The van der Waals surface area contributed by atoms with Crippen LogP contribution in [-0.2, 0) is 17.1 Å². The first-order valence-electron chi connectivity index (χ1n) is 16.6. The predicted octanol–water partition coefficient (Wildman–Crippen LogP) is 9.94. The fourth-order valence-electron chi connectivity index (χ4n) is 5.90. The summed E-state index contributed by atoms with van der Waals surface area (Å²) in [6.07, 6.45) is -11.5. The Bertz CT molecular complexity index is 2110. The Kier molecular flexibility index (Phi) is 11.5. The highest BCUT2D eigenvalue weighted by Gasteiger charge is 2.38. The average molecular weight is 757 g/mol. The maximum absolute atomic E-state index is 14.4.